The van der Waals surface area contributed by atoms with Gasteiger partial charge in [0.25, 0.3) is 0 Å². The van der Waals surface area contributed by atoms with E-state index in [0.29, 0.717) is 11.2 Å². The summed E-state index contributed by atoms with van der Waals surface area (Å²) in [6.45, 7) is 1.80. The van der Waals surface area contributed by atoms with Gasteiger partial charge in [0, 0.05) is 11.3 Å². The van der Waals surface area contributed by atoms with Crippen molar-refractivity contribution in [1.29, 1.82) is 0 Å². The van der Waals surface area contributed by atoms with Crippen molar-refractivity contribution in [3.63, 3.8) is 0 Å². The molecule has 0 unspecified atom stereocenters. The van der Waals surface area contributed by atoms with E-state index in [2.05, 4.69) is 15.0 Å². The second-order valence-electron chi connectivity index (χ2n) is 4.45. The Morgan fingerprint density at radius 2 is 1.75 bits per heavy atom. The highest BCUT2D eigenvalue weighted by atomic mass is 19.4. The van der Waals surface area contributed by atoms with Crippen LogP contribution in [0.5, 0.6) is 0 Å². The Bertz CT molecular complexity index is 775. The number of hydrogen-bond donors (Lipinski definition) is 1. The van der Waals surface area contributed by atoms with Crippen LogP contribution < -0.4 is 0 Å². The number of H-pyrrole nitrogens is 1. The molecule has 0 saturated heterocycles. The summed E-state index contributed by atoms with van der Waals surface area (Å²) in [5.41, 5.74) is 1.10. The third kappa shape index (κ3) is 2.13. The summed E-state index contributed by atoms with van der Waals surface area (Å²) in [7, 11) is 0. The van der Waals surface area contributed by atoms with Gasteiger partial charge in [0.2, 0.25) is 0 Å². The van der Waals surface area contributed by atoms with Crippen LogP contribution in [0.15, 0.2) is 36.4 Å². The first kappa shape index (κ1) is 12.7. The van der Waals surface area contributed by atoms with Gasteiger partial charge in [0.1, 0.15) is 5.82 Å². The Balaban J connectivity index is 2.21. The van der Waals surface area contributed by atoms with Crippen LogP contribution >= 0.6 is 0 Å². The zero-order valence-electron chi connectivity index (χ0n) is 10.5. The first-order valence-corrected chi connectivity index (χ1v) is 5.95. The Kier molecular flexibility index (Phi) is 2.74. The van der Waals surface area contributed by atoms with E-state index in [0.717, 1.165) is 11.8 Å². The summed E-state index contributed by atoms with van der Waals surface area (Å²) in [4.78, 5) is 11.2. The molecule has 0 saturated carbocycles. The molecular weight excluding hydrogens is 267 g/mol. The first-order valence-electron chi connectivity index (χ1n) is 5.95. The van der Waals surface area contributed by atoms with E-state index in [-0.39, 0.29) is 11.4 Å². The van der Waals surface area contributed by atoms with Gasteiger partial charge in [-0.15, -0.1) is 0 Å². The van der Waals surface area contributed by atoms with Crippen LogP contribution in [0.4, 0.5) is 13.2 Å². The van der Waals surface area contributed by atoms with E-state index >= 15 is 0 Å². The smallest absolute Gasteiger partial charge is 0.337 e. The second-order valence-corrected chi connectivity index (χ2v) is 4.45. The van der Waals surface area contributed by atoms with Crippen LogP contribution in [-0.4, -0.2) is 15.0 Å². The third-order valence-electron chi connectivity index (χ3n) is 2.97. The van der Waals surface area contributed by atoms with Gasteiger partial charge in [-0.05, 0) is 25.1 Å². The monoisotopic (exact) mass is 277 g/mol. The van der Waals surface area contributed by atoms with E-state index in [9.17, 15) is 13.2 Å². The highest BCUT2D eigenvalue weighted by Gasteiger charge is 2.34. The van der Waals surface area contributed by atoms with Gasteiger partial charge in [-0.3, -0.25) is 0 Å². The number of rotatable bonds is 1. The molecule has 0 atom stereocenters. The van der Waals surface area contributed by atoms with Crippen molar-refractivity contribution in [3.8, 4) is 11.4 Å². The normalized spacial score (nSPS) is 12.0. The molecule has 0 amide bonds. The number of hydrogen-bond acceptors (Lipinski definition) is 2. The maximum absolute atomic E-state index is 13.0. The lowest BCUT2D eigenvalue weighted by Crippen LogP contribution is -2.07. The van der Waals surface area contributed by atoms with Crippen molar-refractivity contribution in [1.82, 2.24) is 15.0 Å². The number of benzene rings is 1. The number of aryl methyl sites for hydroxylation is 1. The van der Waals surface area contributed by atoms with Crippen molar-refractivity contribution in [2.75, 3.05) is 0 Å². The molecule has 0 aliphatic carbocycles. The van der Waals surface area contributed by atoms with Crippen molar-refractivity contribution >= 4 is 11.2 Å². The molecule has 0 aliphatic heterocycles. The van der Waals surface area contributed by atoms with E-state index in [4.69, 9.17) is 0 Å². The average molecular weight is 277 g/mol. The maximum atomic E-state index is 13.0. The molecule has 0 fully saturated rings. The van der Waals surface area contributed by atoms with Crippen LogP contribution in [-0.2, 0) is 6.18 Å². The molecule has 3 rings (SSSR count). The van der Waals surface area contributed by atoms with E-state index in [1.165, 1.54) is 12.1 Å². The lowest BCUT2D eigenvalue weighted by atomic mass is 10.1. The molecule has 0 aliphatic rings. The van der Waals surface area contributed by atoms with Crippen LogP contribution in [0, 0.1) is 6.92 Å². The van der Waals surface area contributed by atoms with Gasteiger partial charge in [-0.1, -0.05) is 18.2 Å². The Morgan fingerprint density at radius 1 is 1.00 bits per heavy atom. The van der Waals surface area contributed by atoms with Gasteiger partial charge < -0.3 is 4.98 Å². The minimum absolute atomic E-state index is 0.0238. The number of aromatic nitrogens is 3. The molecule has 102 valence electrons. The van der Waals surface area contributed by atoms with Crippen LogP contribution in [0.2, 0.25) is 0 Å². The zero-order chi connectivity index (χ0) is 14.3. The number of nitrogens with zero attached hydrogens (tertiary/aromatic N) is 2. The summed E-state index contributed by atoms with van der Waals surface area (Å²) >= 11 is 0. The molecule has 0 bridgehead atoms. The molecule has 0 spiro atoms. The molecule has 6 heteroatoms. The standard InChI is InChI=1S/C14H10F3N3/c1-8-6-7-11-13(18-8)20-12(19-11)9-4-2-3-5-10(9)14(15,16)17/h2-7H,1H3,(H,18,19,20). The van der Waals surface area contributed by atoms with Gasteiger partial charge >= 0.3 is 6.18 Å². The van der Waals surface area contributed by atoms with E-state index in [1.807, 2.05) is 0 Å². The average Bonchev–Trinajstić information content (AvgIpc) is 2.80. The predicted molar refractivity (Wildman–Crippen MR) is 69.1 cm³/mol. The fraction of sp³-hybridized carbons (Fsp3) is 0.143. The summed E-state index contributed by atoms with van der Waals surface area (Å²) in [6, 6.07) is 8.88. The number of nitrogens with one attached hydrogen (secondary N) is 1. The Labute approximate surface area is 112 Å². The highest BCUT2D eigenvalue weighted by Crippen LogP contribution is 2.36. The van der Waals surface area contributed by atoms with Gasteiger partial charge in [0.15, 0.2) is 5.65 Å². The van der Waals surface area contributed by atoms with E-state index < -0.39 is 11.7 Å². The van der Waals surface area contributed by atoms with E-state index in [1.54, 1.807) is 25.1 Å². The molecule has 2 heterocycles. The van der Waals surface area contributed by atoms with Crippen molar-refractivity contribution in [2.24, 2.45) is 0 Å². The van der Waals surface area contributed by atoms with Gasteiger partial charge in [-0.2, -0.15) is 13.2 Å². The maximum Gasteiger partial charge on any atom is 0.417 e. The molecular formula is C14H10F3N3. The summed E-state index contributed by atoms with van der Waals surface area (Å²) in [6.07, 6.45) is -4.42. The molecule has 3 nitrogen and oxygen atoms in total. The fourth-order valence-electron chi connectivity index (χ4n) is 2.05. The molecule has 1 N–H and O–H groups in total. The zero-order valence-corrected chi connectivity index (χ0v) is 10.5. The van der Waals surface area contributed by atoms with Crippen LogP contribution in [0.1, 0.15) is 11.3 Å². The third-order valence-corrected chi connectivity index (χ3v) is 2.97. The van der Waals surface area contributed by atoms with Crippen molar-refractivity contribution in [3.05, 3.63) is 47.7 Å². The number of aromatic amines is 1. The minimum atomic E-state index is -4.42. The lowest BCUT2D eigenvalue weighted by molar-refractivity contribution is -0.137. The lowest BCUT2D eigenvalue weighted by Gasteiger charge is -2.10. The van der Waals surface area contributed by atoms with Crippen LogP contribution in [0.25, 0.3) is 22.6 Å². The molecule has 2 aromatic heterocycles. The topological polar surface area (TPSA) is 41.6 Å². The molecule has 0 radical (unpaired) electrons. The predicted octanol–water partition coefficient (Wildman–Crippen LogP) is 3.95. The summed E-state index contributed by atoms with van der Waals surface area (Å²) < 4.78 is 39.0. The number of imidazole rings is 1. The number of alkyl halides is 3. The Morgan fingerprint density at radius 3 is 2.50 bits per heavy atom. The molecule has 20 heavy (non-hydrogen) atoms. The van der Waals surface area contributed by atoms with Crippen LogP contribution in [0.3, 0.4) is 0 Å². The first-order chi connectivity index (χ1) is 9.45. The van der Waals surface area contributed by atoms with Gasteiger partial charge in [-0.25, -0.2) is 9.97 Å². The van der Waals surface area contributed by atoms with Crippen molar-refractivity contribution < 1.29 is 13.2 Å². The quantitative estimate of drug-likeness (QED) is 0.731. The molecule has 3 aromatic rings. The highest BCUT2D eigenvalue weighted by molar-refractivity contribution is 5.77. The minimum Gasteiger partial charge on any atom is -0.337 e. The van der Waals surface area contributed by atoms with Gasteiger partial charge in [0.05, 0.1) is 11.1 Å². The summed E-state index contributed by atoms with van der Waals surface area (Å²) in [5.74, 6) is 0.172. The van der Waals surface area contributed by atoms with Crippen molar-refractivity contribution in [2.45, 2.75) is 13.1 Å². The molecule has 1 aromatic carbocycles. The number of pyridine rings is 1. The largest absolute Gasteiger partial charge is 0.417 e. The SMILES string of the molecule is Cc1ccc2[nH]c(-c3ccccc3C(F)(F)F)nc2n1. The fourth-order valence-corrected chi connectivity index (χ4v) is 2.05. The summed E-state index contributed by atoms with van der Waals surface area (Å²) in [5, 5.41) is 0. The Hall–Kier alpha value is -2.37. The second kappa shape index (κ2) is 4.33. The number of fused-ring (bicyclic) bond motifs is 1. The number of halogens is 3.